The summed E-state index contributed by atoms with van der Waals surface area (Å²) in [5, 5.41) is 18.8. The van der Waals surface area contributed by atoms with Gasteiger partial charge in [0, 0.05) is 11.6 Å². The Hall–Kier alpha value is -3.22. The van der Waals surface area contributed by atoms with Crippen molar-refractivity contribution in [3.8, 4) is 17.2 Å². The molecule has 0 bridgehead atoms. The zero-order valence-corrected chi connectivity index (χ0v) is 12.3. The number of hydrogen-bond donors (Lipinski definition) is 0. The Labute approximate surface area is 131 Å². The van der Waals surface area contributed by atoms with Gasteiger partial charge >= 0.3 is 5.69 Å². The number of nitro benzene ring substituents is 1. The van der Waals surface area contributed by atoms with Crippen LogP contribution in [-0.4, -0.2) is 15.1 Å². The third-order valence-corrected chi connectivity index (χ3v) is 3.14. The van der Waals surface area contributed by atoms with Gasteiger partial charge in [-0.25, -0.2) is 0 Å². The second-order valence-electron chi connectivity index (χ2n) is 4.88. The van der Waals surface area contributed by atoms with Crippen LogP contribution < -0.4 is 4.74 Å². The Kier molecular flexibility index (Phi) is 4.01. The number of hydrogen-bond acceptors (Lipinski definition) is 6. The Bertz CT molecular complexity index is 845. The minimum Gasteiger partial charge on any atom is -0.477 e. The van der Waals surface area contributed by atoms with Crippen molar-refractivity contribution in [2.75, 3.05) is 0 Å². The van der Waals surface area contributed by atoms with Crippen molar-refractivity contribution in [3.63, 3.8) is 0 Å². The Morgan fingerprint density at radius 1 is 1.17 bits per heavy atom. The monoisotopic (exact) mass is 311 g/mol. The minimum absolute atomic E-state index is 0.0380. The van der Waals surface area contributed by atoms with Crippen LogP contribution in [0.5, 0.6) is 5.75 Å². The largest absolute Gasteiger partial charge is 0.477 e. The normalized spacial score (nSPS) is 10.5. The minimum atomic E-state index is -0.499. The van der Waals surface area contributed by atoms with Crippen LogP contribution in [0.15, 0.2) is 52.9 Å². The lowest BCUT2D eigenvalue weighted by molar-refractivity contribution is -0.386. The maximum Gasteiger partial charge on any atom is 0.310 e. The van der Waals surface area contributed by atoms with Gasteiger partial charge in [0.15, 0.2) is 12.4 Å². The summed E-state index contributed by atoms with van der Waals surface area (Å²) in [4.78, 5) is 10.4. The smallest absolute Gasteiger partial charge is 0.310 e. The molecule has 3 rings (SSSR count). The third kappa shape index (κ3) is 3.34. The first-order valence-corrected chi connectivity index (χ1v) is 6.89. The van der Waals surface area contributed by atoms with Gasteiger partial charge < -0.3 is 9.15 Å². The van der Waals surface area contributed by atoms with Crippen LogP contribution in [-0.2, 0) is 6.61 Å². The second-order valence-corrected chi connectivity index (χ2v) is 4.88. The summed E-state index contributed by atoms with van der Waals surface area (Å²) in [6, 6.07) is 13.8. The van der Waals surface area contributed by atoms with Crippen molar-refractivity contribution < 1.29 is 14.1 Å². The summed E-state index contributed by atoms with van der Waals surface area (Å²) in [7, 11) is 0. The van der Waals surface area contributed by atoms with Gasteiger partial charge in [-0.2, -0.15) is 0 Å². The molecule has 0 unspecified atom stereocenters. The molecule has 0 aliphatic rings. The van der Waals surface area contributed by atoms with Gasteiger partial charge in [-0.3, -0.25) is 10.1 Å². The lowest BCUT2D eigenvalue weighted by Crippen LogP contribution is -1.99. The average molecular weight is 311 g/mol. The summed E-state index contributed by atoms with van der Waals surface area (Å²) < 4.78 is 10.9. The third-order valence-electron chi connectivity index (χ3n) is 3.14. The summed E-state index contributed by atoms with van der Waals surface area (Å²) in [5.74, 6) is 0.794. The van der Waals surface area contributed by atoms with Crippen molar-refractivity contribution in [3.05, 3.63) is 70.1 Å². The molecule has 0 spiro atoms. The molecule has 0 amide bonds. The van der Waals surface area contributed by atoms with E-state index in [2.05, 4.69) is 10.2 Å². The molecule has 0 atom stereocenters. The van der Waals surface area contributed by atoms with E-state index in [4.69, 9.17) is 9.15 Å². The van der Waals surface area contributed by atoms with Crippen molar-refractivity contribution in [1.82, 2.24) is 10.2 Å². The van der Waals surface area contributed by atoms with E-state index in [-0.39, 0.29) is 23.9 Å². The molecule has 7 nitrogen and oxygen atoms in total. The molecule has 0 aliphatic heterocycles. The Morgan fingerprint density at radius 2 is 2.00 bits per heavy atom. The molecule has 1 aromatic heterocycles. The second kappa shape index (κ2) is 6.27. The summed E-state index contributed by atoms with van der Waals surface area (Å²) in [5.41, 5.74) is 1.79. The zero-order valence-electron chi connectivity index (χ0n) is 12.3. The number of aromatic nitrogens is 2. The molecule has 23 heavy (non-hydrogen) atoms. The highest BCUT2D eigenvalue weighted by molar-refractivity contribution is 5.53. The fourth-order valence-corrected chi connectivity index (χ4v) is 2.08. The van der Waals surface area contributed by atoms with Crippen molar-refractivity contribution in [2.45, 2.75) is 13.5 Å². The molecular formula is C16H13N3O4. The van der Waals surface area contributed by atoms with Crippen molar-refractivity contribution in [2.24, 2.45) is 0 Å². The topological polar surface area (TPSA) is 91.3 Å². The van der Waals surface area contributed by atoms with E-state index in [1.165, 1.54) is 12.1 Å². The van der Waals surface area contributed by atoms with Gasteiger partial charge in [-0.05, 0) is 25.1 Å². The van der Waals surface area contributed by atoms with Gasteiger partial charge in [0.1, 0.15) is 0 Å². The fourth-order valence-electron chi connectivity index (χ4n) is 2.08. The molecule has 0 saturated carbocycles. The maximum absolute atomic E-state index is 10.9. The van der Waals surface area contributed by atoms with Crippen molar-refractivity contribution in [1.29, 1.82) is 0 Å². The molecule has 1 heterocycles. The standard InChI is InChI=1S/C16H13N3O4/c1-11-5-4-6-12(9-11)16-18-17-15(23-16)10-22-14-8-3-2-7-13(14)19(20)21/h2-9H,10H2,1H3. The van der Waals surface area contributed by atoms with Gasteiger partial charge in [-0.1, -0.05) is 29.8 Å². The molecule has 2 aromatic carbocycles. The van der Waals surface area contributed by atoms with Gasteiger partial charge in [-0.15, -0.1) is 10.2 Å². The fraction of sp³-hybridized carbons (Fsp3) is 0.125. The SMILES string of the molecule is Cc1cccc(-c2nnc(COc3ccccc3[N+](=O)[O-])o2)c1. The summed E-state index contributed by atoms with van der Waals surface area (Å²) >= 11 is 0. The molecule has 0 saturated heterocycles. The van der Waals surface area contributed by atoms with E-state index in [0.717, 1.165) is 11.1 Å². The van der Waals surface area contributed by atoms with E-state index in [0.29, 0.717) is 5.89 Å². The number of para-hydroxylation sites is 2. The van der Waals surface area contributed by atoms with Crippen LogP contribution in [0.2, 0.25) is 0 Å². The highest BCUT2D eigenvalue weighted by Gasteiger charge is 2.15. The molecular weight excluding hydrogens is 298 g/mol. The number of rotatable bonds is 5. The summed E-state index contributed by atoms with van der Waals surface area (Å²) in [6.07, 6.45) is 0. The first-order chi connectivity index (χ1) is 11.1. The molecule has 0 radical (unpaired) electrons. The van der Waals surface area contributed by atoms with Crippen LogP contribution >= 0.6 is 0 Å². The first-order valence-electron chi connectivity index (χ1n) is 6.89. The molecule has 7 heteroatoms. The van der Waals surface area contributed by atoms with E-state index >= 15 is 0 Å². The highest BCUT2D eigenvalue weighted by atomic mass is 16.6. The predicted molar refractivity (Wildman–Crippen MR) is 81.9 cm³/mol. The van der Waals surface area contributed by atoms with Crippen LogP contribution in [0.4, 0.5) is 5.69 Å². The molecule has 0 N–H and O–H groups in total. The number of aryl methyl sites for hydroxylation is 1. The average Bonchev–Trinajstić information content (AvgIpc) is 3.02. The number of nitrogens with zero attached hydrogens (tertiary/aromatic N) is 3. The molecule has 0 aliphatic carbocycles. The Balaban J connectivity index is 1.74. The van der Waals surface area contributed by atoms with Crippen LogP contribution in [0, 0.1) is 17.0 Å². The lowest BCUT2D eigenvalue weighted by atomic mass is 10.1. The lowest BCUT2D eigenvalue weighted by Gasteiger charge is -2.03. The number of benzene rings is 2. The maximum atomic E-state index is 10.9. The van der Waals surface area contributed by atoms with Crippen LogP contribution in [0.25, 0.3) is 11.5 Å². The van der Waals surface area contributed by atoms with E-state index in [9.17, 15) is 10.1 Å². The van der Waals surface area contributed by atoms with E-state index in [1.807, 2.05) is 31.2 Å². The van der Waals surface area contributed by atoms with Crippen molar-refractivity contribution >= 4 is 5.69 Å². The molecule has 116 valence electrons. The quantitative estimate of drug-likeness (QED) is 0.528. The van der Waals surface area contributed by atoms with Gasteiger partial charge in [0.25, 0.3) is 5.89 Å². The van der Waals surface area contributed by atoms with Crippen LogP contribution in [0.3, 0.4) is 0 Å². The zero-order chi connectivity index (χ0) is 16.2. The number of ether oxygens (including phenoxy) is 1. The van der Waals surface area contributed by atoms with Gasteiger partial charge in [0.2, 0.25) is 5.89 Å². The predicted octanol–water partition coefficient (Wildman–Crippen LogP) is 3.53. The van der Waals surface area contributed by atoms with Gasteiger partial charge in [0.05, 0.1) is 4.92 Å². The summed E-state index contributed by atoms with van der Waals surface area (Å²) in [6.45, 7) is 1.93. The number of nitro groups is 1. The Morgan fingerprint density at radius 3 is 2.78 bits per heavy atom. The molecule has 0 fully saturated rings. The van der Waals surface area contributed by atoms with Crippen LogP contribution in [0.1, 0.15) is 11.5 Å². The van der Waals surface area contributed by atoms with E-state index in [1.54, 1.807) is 12.1 Å². The molecule has 3 aromatic rings. The highest BCUT2D eigenvalue weighted by Crippen LogP contribution is 2.27. The first kappa shape index (κ1) is 14.7. The van der Waals surface area contributed by atoms with E-state index < -0.39 is 4.92 Å².